The molecule has 0 aliphatic carbocycles. The van der Waals surface area contributed by atoms with Gasteiger partial charge in [0.15, 0.2) is 5.43 Å². The molecule has 0 unspecified atom stereocenters. The van der Waals surface area contributed by atoms with Gasteiger partial charge in [-0.1, -0.05) is 88.4 Å². The highest BCUT2D eigenvalue weighted by atomic mass is 16.6. The number of nitrogens with zero attached hydrogens (tertiary/aromatic N) is 1. The summed E-state index contributed by atoms with van der Waals surface area (Å²) in [6, 6.07) is 17.0. The third-order valence-corrected chi connectivity index (χ3v) is 6.36. The zero-order chi connectivity index (χ0) is 26.4. The summed E-state index contributed by atoms with van der Waals surface area (Å²) >= 11 is 0. The zero-order valence-corrected chi connectivity index (χ0v) is 21.6. The predicted molar refractivity (Wildman–Crippen MR) is 140 cm³/mol. The minimum atomic E-state index is -1.15. The molecule has 0 spiro atoms. The van der Waals surface area contributed by atoms with Crippen molar-refractivity contribution in [2.24, 2.45) is 11.8 Å². The maximum Gasteiger partial charge on any atom is 0.410 e. The van der Waals surface area contributed by atoms with Crippen LogP contribution in [0.25, 0.3) is 11.1 Å². The molecule has 0 heterocycles. The molecule has 7 heteroatoms. The molecule has 0 fully saturated rings. The fraction of sp³-hybridized carbons (Fsp3) is 0.414. The van der Waals surface area contributed by atoms with Gasteiger partial charge in [-0.25, -0.2) is 4.79 Å². The lowest BCUT2D eigenvalue weighted by atomic mass is 9.94. The number of hydrogen-bond donors (Lipinski definition) is 2. The maximum absolute atomic E-state index is 13.4. The Morgan fingerprint density at radius 1 is 0.972 bits per heavy atom. The number of aliphatic hydroxyl groups is 1. The van der Waals surface area contributed by atoms with Gasteiger partial charge in [0.2, 0.25) is 5.91 Å². The van der Waals surface area contributed by atoms with E-state index in [2.05, 4.69) is 5.32 Å². The van der Waals surface area contributed by atoms with E-state index >= 15 is 0 Å². The fourth-order valence-corrected chi connectivity index (χ4v) is 4.24. The average Bonchev–Trinajstić information content (AvgIpc) is 3.54. The molecule has 2 amide bonds. The first-order valence-corrected chi connectivity index (χ1v) is 12.4. The van der Waals surface area contributed by atoms with Crippen molar-refractivity contribution in [2.75, 3.05) is 7.05 Å². The number of nitrogens with one attached hydrogen (secondary N) is 1. The van der Waals surface area contributed by atoms with Gasteiger partial charge >= 0.3 is 6.09 Å². The molecule has 3 atom stereocenters. The standard InChI is InChI=1S/C29H36N2O5/c1-18(2)16-22(31(5)29(35)36-17-20-12-8-6-9-13-20)28(34)30-25(19(3)4)27(33)24-23(26(24)32)21-14-10-7-11-15-21/h6-15,18-19,22,25,27,33H,16-17H2,1-5H3,(H,30,34)/t22-,25-,27-/m0/s1. The molecule has 0 radical (unpaired) electrons. The van der Waals surface area contributed by atoms with Crippen LogP contribution in [0.5, 0.6) is 0 Å². The molecule has 3 aromatic rings. The fourth-order valence-electron chi connectivity index (χ4n) is 4.24. The molecule has 0 saturated heterocycles. The SMILES string of the molecule is CC(C)C[C@@H](C(=O)N[C@@H](C(C)C)[C@@H](O)c1c(-c2ccccc2)c1=O)N(C)C(=O)OCc1ccccc1. The normalized spacial score (nSPS) is 14.0. The van der Waals surface area contributed by atoms with E-state index in [0.717, 1.165) is 11.1 Å². The molecule has 0 aliphatic rings. The third-order valence-electron chi connectivity index (χ3n) is 6.36. The number of hydrogen-bond acceptors (Lipinski definition) is 5. The second kappa shape index (κ2) is 12.0. The molecule has 3 aromatic carbocycles. The number of amides is 2. The second-order valence-electron chi connectivity index (χ2n) is 10.0. The number of ether oxygens (including phenoxy) is 1. The lowest BCUT2D eigenvalue weighted by Gasteiger charge is -2.32. The highest BCUT2D eigenvalue weighted by Crippen LogP contribution is 2.33. The van der Waals surface area contributed by atoms with Crippen LogP contribution < -0.4 is 10.7 Å². The number of benzene rings is 2. The molecule has 2 N–H and O–H groups in total. The monoisotopic (exact) mass is 492 g/mol. The van der Waals surface area contributed by atoms with Gasteiger partial charge in [-0.2, -0.15) is 0 Å². The quantitative estimate of drug-likeness (QED) is 0.412. The molecule has 3 rings (SSSR count). The van der Waals surface area contributed by atoms with Crippen molar-refractivity contribution in [2.45, 2.75) is 58.9 Å². The lowest BCUT2D eigenvalue weighted by molar-refractivity contribution is -0.128. The van der Waals surface area contributed by atoms with Gasteiger partial charge in [0.25, 0.3) is 0 Å². The Bertz CT molecular complexity index is 1150. The van der Waals surface area contributed by atoms with Crippen molar-refractivity contribution in [3.8, 4) is 11.1 Å². The summed E-state index contributed by atoms with van der Waals surface area (Å²) < 4.78 is 5.43. The second-order valence-corrected chi connectivity index (χ2v) is 10.0. The number of rotatable bonds is 11. The number of likely N-dealkylation sites (N-methyl/N-ethyl adjacent to an activating group) is 1. The third kappa shape index (κ3) is 6.61. The van der Waals surface area contributed by atoms with Gasteiger partial charge in [-0.05, 0) is 29.4 Å². The summed E-state index contributed by atoms with van der Waals surface area (Å²) in [7, 11) is 1.54. The molecule has 0 saturated carbocycles. The largest absolute Gasteiger partial charge is 0.445 e. The minimum absolute atomic E-state index is 0.103. The highest BCUT2D eigenvalue weighted by molar-refractivity contribution is 5.86. The van der Waals surface area contributed by atoms with Gasteiger partial charge in [-0.15, -0.1) is 0 Å². The van der Waals surface area contributed by atoms with Crippen LogP contribution in [0, 0.1) is 11.8 Å². The molecule has 36 heavy (non-hydrogen) atoms. The Hall–Kier alpha value is -3.45. The van der Waals surface area contributed by atoms with Crippen LogP contribution in [0.15, 0.2) is 65.5 Å². The van der Waals surface area contributed by atoms with E-state index in [4.69, 9.17) is 4.74 Å². The van der Waals surface area contributed by atoms with Gasteiger partial charge in [0.1, 0.15) is 18.8 Å². The maximum atomic E-state index is 13.4. The summed E-state index contributed by atoms with van der Waals surface area (Å²) in [6.45, 7) is 7.79. The number of aliphatic hydroxyl groups excluding tert-OH is 1. The summed E-state index contributed by atoms with van der Waals surface area (Å²) in [4.78, 5) is 40.0. The van der Waals surface area contributed by atoms with Crippen molar-refractivity contribution in [1.29, 1.82) is 0 Å². The van der Waals surface area contributed by atoms with Crippen molar-refractivity contribution < 1.29 is 19.4 Å². The van der Waals surface area contributed by atoms with Crippen molar-refractivity contribution in [1.82, 2.24) is 10.2 Å². The molecule has 7 nitrogen and oxygen atoms in total. The van der Waals surface area contributed by atoms with E-state index in [1.165, 1.54) is 4.90 Å². The number of carbonyl (C=O) groups excluding carboxylic acids is 2. The van der Waals surface area contributed by atoms with Crippen LogP contribution in [0.4, 0.5) is 4.79 Å². The van der Waals surface area contributed by atoms with E-state index in [1.54, 1.807) is 7.05 Å². The summed E-state index contributed by atoms with van der Waals surface area (Å²) in [5.74, 6) is -0.419. The Morgan fingerprint density at radius 2 is 1.56 bits per heavy atom. The van der Waals surface area contributed by atoms with E-state index in [9.17, 15) is 19.5 Å². The Kier molecular flexibility index (Phi) is 9.04. The molecule has 0 aromatic heterocycles. The van der Waals surface area contributed by atoms with Crippen LogP contribution in [0.2, 0.25) is 0 Å². The first-order valence-electron chi connectivity index (χ1n) is 12.4. The predicted octanol–water partition coefficient (Wildman–Crippen LogP) is 4.45. The van der Waals surface area contributed by atoms with Crippen molar-refractivity contribution in [3.63, 3.8) is 0 Å². The van der Waals surface area contributed by atoms with Crippen LogP contribution in [-0.2, 0) is 16.1 Å². The van der Waals surface area contributed by atoms with Crippen LogP contribution in [0.1, 0.15) is 51.3 Å². The first kappa shape index (κ1) is 27.1. The Labute approximate surface area is 212 Å². The molecule has 192 valence electrons. The lowest BCUT2D eigenvalue weighted by Crippen LogP contribution is -2.53. The molecular weight excluding hydrogens is 456 g/mol. The number of carbonyl (C=O) groups is 2. The summed E-state index contributed by atoms with van der Waals surface area (Å²) in [5, 5.41) is 14.0. The van der Waals surface area contributed by atoms with Crippen LogP contribution in [-0.4, -0.2) is 41.1 Å². The van der Waals surface area contributed by atoms with Gasteiger partial charge in [0, 0.05) is 18.2 Å². The van der Waals surface area contributed by atoms with Crippen LogP contribution >= 0.6 is 0 Å². The molecule has 0 aliphatic heterocycles. The van der Waals surface area contributed by atoms with E-state index in [1.807, 2.05) is 88.4 Å². The summed E-state index contributed by atoms with van der Waals surface area (Å²) in [5.41, 5.74) is 2.25. The molecular formula is C29H36N2O5. The highest BCUT2D eigenvalue weighted by Gasteiger charge is 2.38. The van der Waals surface area contributed by atoms with E-state index in [-0.39, 0.29) is 23.9 Å². The summed E-state index contributed by atoms with van der Waals surface area (Å²) in [6.07, 6.45) is -1.33. The molecule has 0 bridgehead atoms. The van der Waals surface area contributed by atoms with Crippen LogP contribution in [0.3, 0.4) is 0 Å². The van der Waals surface area contributed by atoms with Crippen molar-refractivity contribution >= 4 is 12.0 Å². The Morgan fingerprint density at radius 3 is 2.11 bits per heavy atom. The Balaban J connectivity index is 1.72. The topological polar surface area (TPSA) is 95.9 Å². The van der Waals surface area contributed by atoms with Gasteiger partial charge in [-0.3, -0.25) is 14.5 Å². The zero-order valence-electron chi connectivity index (χ0n) is 21.6. The van der Waals surface area contributed by atoms with Gasteiger partial charge < -0.3 is 15.2 Å². The average molecular weight is 493 g/mol. The van der Waals surface area contributed by atoms with Gasteiger partial charge in [0.05, 0.1) is 6.04 Å². The van der Waals surface area contributed by atoms with E-state index < -0.39 is 30.2 Å². The smallest absolute Gasteiger partial charge is 0.410 e. The first-order chi connectivity index (χ1) is 17.1. The minimum Gasteiger partial charge on any atom is -0.445 e. The van der Waals surface area contributed by atoms with Crippen molar-refractivity contribution in [3.05, 3.63) is 82.0 Å². The van der Waals surface area contributed by atoms with E-state index in [0.29, 0.717) is 17.5 Å².